The number of ether oxygens (including phenoxy) is 1. The predicted octanol–water partition coefficient (Wildman–Crippen LogP) is 1.78. The summed E-state index contributed by atoms with van der Waals surface area (Å²) in [6.45, 7) is 5.34. The second-order valence-corrected chi connectivity index (χ2v) is 6.93. The summed E-state index contributed by atoms with van der Waals surface area (Å²) in [6, 6.07) is 5.45. The summed E-state index contributed by atoms with van der Waals surface area (Å²) in [5.74, 6) is 0.557. The maximum absolute atomic E-state index is 11.6. The fourth-order valence-electron chi connectivity index (χ4n) is 1.28. The van der Waals surface area contributed by atoms with E-state index in [2.05, 4.69) is 0 Å². The second-order valence-electron chi connectivity index (χ2n) is 4.25. The van der Waals surface area contributed by atoms with Gasteiger partial charge in [0, 0.05) is 0 Å². The topological polar surface area (TPSA) is 69.4 Å². The number of aryl methyl sites for hydroxylation is 1. The van der Waals surface area contributed by atoms with Crippen molar-refractivity contribution in [2.45, 2.75) is 26.0 Å². The first-order valence-electron chi connectivity index (χ1n) is 5.54. The molecule has 2 N–H and O–H groups in total. The minimum absolute atomic E-state index is 0.0120. The number of nitrogens with two attached hydrogens (primary N) is 1. The van der Waals surface area contributed by atoms with Crippen LogP contribution in [0.15, 0.2) is 18.2 Å². The van der Waals surface area contributed by atoms with E-state index in [4.69, 9.17) is 10.5 Å². The molecular formula is C12H19NO3S. The van der Waals surface area contributed by atoms with Gasteiger partial charge in [0.15, 0.2) is 9.84 Å². The number of sulfone groups is 1. The van der Waals surface area contributed by atoms with E-state index in [1.54, 1.807) is 19.9 Å². The summed E-state index contributed by atoms with van der Waals surface area (Å²) in [4.78, 5) is 0. The molecule has 0 atom stereocenters. The van der Waals surface area contributed by atoms with E-state index in [1.165, 1.54) is 0 Å². The van der Waals surface area contributed by atoms with E-state index in [9.17, 15) is 8.42 Å². The maximum atomic E-state index is 11.6. The molecule has 1 rings (SSSR count). The third-order valence-electron chi connectivity index (χ3n) is 2.63. The summed E-state index contributed by atoms with van der Waals surface area (Å²) < 4.78 is 28.5. The molecule has 0 bridgehead atoms. The number of hydrogen-bond donors (Lipinski definition) is 1. The van der Waals surface area contributed by atoms with Gasteiger partial charge in [-0.05, 0) is 32.4 Å². The van der Waals surface area contributed by atoms with Crippen molar-refractivity contribution in [1.29, 1.82) is 0 Å². The Balaban J connectivity index is 2.61. The van der Waals surface area contributed by atoms with Crippen LogP contribution in [0.2, 0.25) is 0 Å². The van der Waals surface area contributed by atoms with Crippen LogP contribution in [0, 0.1) is 6.92 Å². The van der Waals surface area contributed by atoms with Crippen molar-refractivity contribution >= 4 is 15.5 Å². The number of rotatable bonds is 5. The standard InChI is InChI=1S/C12H19NO3S/c1-9(2)17(14,15)8-7-16-11-6-4-5-10(3)12(11)13/h4-6,9H,7-8,13H2,1-3H3. The molecule has 17 heavy (non-hydrogen) atoms. The van der Waals surface area contributed by atoms with Crippen molar-refractivity contribution in [3.05, 3.63) is 23.8 Å². The highest BCUT2D eigenvalue weighted by atomic mass is 32.2. The zero-order valence-corrected chi connectivity index (χ0v) is 11.3. The van der Waals surface area contributed by atoms with Gasteiger partial charge in [-0.25, -0.2) is 8.42 Å². The van der Waals surface area contributed by atoms with Gasteiger partial charge >= 0.3 is 0 Å². The molecular weight excluding hydrogens is 238 g/mol. The fraction of sp³-hybridized carbons (Fsp3) is 0.500. The van der Waals surface area contributed by atoms with Crippen LogP contribution in [0.5, 0.6) is 5.75 Å². The summed E-state index contributed by atoms with van der Waals surface area (Å²) in [7, 11) is -3.06. The lowest BCUT2D eigenvalue weighted by Crippen LogP contribution is -2.22. The molecule has 0 saturated heterocycles. The molecule has 0 heterocycles. The Hall–Kier alpha value is -1.23. The lowest BCUT2D eigenvalue weighted by Gasteiger charge is -2.11. The Bertz CT molecular complexity index is 481. The predicted molar refractivity (Wildman–Crippen MR) is 70.0 cm³/mol. The van der Waals surface area contributed by atoms with Crippen LogP contribution in [0.1, 0.15) is 19.4 Å². The van der Waals surface area contributed by atoms with E-state index >= 15 is 0 Å². The molecule has 0 spiro atoms. The van der Waals surface area contributed by atoms with Crippen LogP contribution in [-0.2, 0) is 9.84 Å². The largest absolute Gasteiger partial charge is 0.490 e. The molecule has 0 aliphatic rings. The van der Waals surface area contributed by atoms with Crippen molar-refractivity contribution in [2.75, 3.05) is 18.1 Å². The maximum Gasteiger partial charge on any atom is 0.155 e. The lowest BCUT2D eigenvalue weighted by molar-refractivity contribution is 0.342. The fourth-order valence-corrected chi connectivity index (χ4v) is 2.07. The first-order chi connectivity index (χ1) is 7.84. The zero-order chi connectivity index (χ0) is 13.1. The third kappa shape index (κ3) is 3.63. The van der Waals surface area contributed by atoms with Gasteiger partial charge in [0.05, 0.1) is 16.7 Å². The average molecular weight is 257 g/mol. The molecule has 0 aliphatic heterocycles. The van der Waals surface area contributed by atoms with Gasteiger partial charge in [-0.2, -0.15) is 0 Å². The van der Waals surface area contributed by atoms with Crippen LogP contribution in [0.3, 0.4) is 0 Å². The summed E-state index contributed by atoms with van der Waals surface area (Å²) in [5.41, 5.74) is 7.31. The average Bonchev–Trinajstić information content (AvgIpc) is 2.24. The smallest absolute Gasteiger partial charge is 0.155 e. The number of hydrogen-bond acceptors (Lipinski definition) is 4. The van der Waals surface area contributed by atoms with Crippen molar-refractivity contribution < 1.29 is 13.2 Å². The van der Waals surface area contributed by atoms with Gasteiger partial charge in [0.25, 0.3) is 0 Å². The molecule has 0 amide bonds. The monoisotopic (exact) mass is 257 g/mol. The Morgan fingerprint density at radius 3 is 2.59 bits per heavy atom. The highest BCUT2D eigenvalue weighted by molar-refractivity contribution is 7.91. The Labute approximate surface area is 103 Å². The minimum atomic E-state index is -3.06. The Kier molecular flexibility index (Phi) is 4.40. The van der Waals surface area contributed by atoms with E-state index in [0.29, 0.717) is 11.4 Å². The number of nitrogen functional groups attached to an aromatic ring is 1. The van der Waals surface area contributed by atoms with Gasteiger partial charge in [-0.15, -0.1) is 0 Å². The number of benzene rings is 1. The Morgan fingerprint density at radius 2 is 2.00 bits per heavy atom. The van der Waals surface area contributed by atoms with Crippen molar-refractivity contribution in [2.24, 2.45) is 0 Å². The molecule has 1 aromatic rings. The molecule has 96 valence electrons. The lowest BCUT2D eigenvalue weighted by atomic mass is 10.2. The molecule has 1 aromatic carbocycles. The summed E-state index contributed by atoms with van der Waals surface area (Å²) >= 11 is 0. The Morgan fingerprint density at radius 1 is 1.35 bits per heavy atom. The molecule has 4 nitrogen and oxygen atoms in total. The van der Waals surface area contributed by atoms with Crippen LogP contribution in [0.25, 0.3) is 0 Å². The molecule has 0 unspecified atom stereocenters. The van der Waals surface area contributed by atoms with Crippen LogP contribution in [0.4, 0.5) is 5.69 Å². The molecule has 5 heteroatoms. The first kappa shape index (κ1) is 13.8. The first-order valence-corrected chi connectivity index (χ1v) is 7.25. The third-order valence-corrected chi connectivity index (χ3v) is 4.80. The van der Waals surface area contributed by atoms with Gasteiger partial charge in [-0.3, -0.25) is 0 Å². The quantitative estimate of drug-likeness (QED) is 0.816. The van der Waals surface area contributed by atoms with Crippen molar-refractivity contribution in [3.8, 4) is 5.75 Å². The summed E-state index contributed by atoms with van der Waals surface area (Å²) in [5, 5.41) is -0.374. The minimum Gasteiger partial charge on any atom is -0.490 e. The highest BCUT2D eigenvalue weighted by Crippen LogP contribution is 2.24. The molecule has 0 saturated carbocycles. The van der Waals surface area contributed by atoms with E-state index in [1.807, 2.05) is 19.1 Å². The molecule has 0 radical (unpaired) electrons. The second kappa shape index (κ2) is 5.40. The molecule has 0 fully saturated rings. The van der Waals surface area contributed by atoms with Crippen LogP contribution < -0.4 is 10.5 Å². The van der Waals surface area contributed by atoms with E-state index < -0.39 is 9.84 Å². The van der Waals surface area contributed by atoms with Crippen molar-refractivity contribution in [3.63, 3.8) is 0 Å². The van der Waals surface area contributed by atoms with Gasteiger partial charge in [0.2, 0.25) is 0 Å². The summed E-state index contributed by atoms with van der Waals surface area (Å²) in [6.07, 6.45) is 0. The zero-order valence-electron chi connectivity index (χ0n) is 10.4. The molecule has 0 aliphatic carbocycles. The van der Waals surface area contributed by atoms with Gasteiger partial charge in [-0.1, -0.05) is 12.1 Å². The normalized spacial score (nSPS) is 11.8. The van der Waals surface area contributed by atoms with Crippen LogP contribution in [-0.4, -0.2) is 26.0 Å². The highest BCUT2D eigenvalue weighted by Gasteiger charge is 2.16. The van der Waals surface area contributed by atoms with E-state index in [-0.39, 0.29) is 17.6 Å². The van der Waals surface area contributed by atoms with Gasteiger partial charge in [0.1, 0.15) is 12.4 Å². The van der Waals surface area contributed by atoms with Crippen LogP contribution >= 0.6 is 0 Å². The number of para-hydroxylation sites is 1. The van der Waals surface area contributed by atoms with Crippen molar-refractivity contribution in [1.82, 2.24) is 0 Å². The number of anilines is 1. The molecule has 0 aromatic heterocycles. The van der Waals surface area contributed by atoms with E-state index in [0.717, 1.165) is 5.56 Å². The SMILES string of the molecule is Cc1cccc(OCCS(=O)(=O)C(C)C)c1N. The van der Waals surface area contributed by atoms with Gasteiger partial charge < -0.3 is 10.5 Å².